The van der Waals surface area contributed by atoms with Crippen LogP contribution in [0.5, 0.6) is 0 Å². The van der Waals surface area contributed by atoms with Crippen molar-refractivity contribution >= 4 is 0 Å². The van der Waals surface area contributed by atoms with Gasteiger partial charge in [-0.15, -0.1) is 0 Å². The molecule has 0 aromatic heterocycles. The lowest BCUT2D eigenvalue weighted by atomic mass is 9.90. The fraction of sp³-hybridized carbons (Fsp3) is 1.00. The summed E-state index contributed by atoms with van der Waals surface area (Å²) < 4.78 is 5.92. The van der Waals surface area contributed by atoms with Crippen LogP contribution < -0.4 is 10.6 Å². The summed E-state index contributed by atoms with van der Waals surface area (Å²) in [5.74, 6) is 0.832. The average molecular weight is 198 g/mol. The van der Waals surface area contributed by atoms with Crippen LogP contribution in [0.4, 0.5) is 0 Å². The lowest BCUT2D eigenvalue weighted by Gasteiger charge is -2.31. The van der Waals surface area contributed by atoms with Gasteiger partial charge in [0.25, 0.3) is 0 Å². The zero-order valence-electron chi connectivity index (χ0n) is 9.31. The number of nitrogens with one attached hydrogen (secondary N) is 2. The van der Waals surface area contributed by atoms with E-state index in [1.165, 1.54) is 32.4 Å². The molecule has 2 rings (SSSR count). The first-order chi connectivity index (χ1) is 6.68. The van der Waals surface area contributed by atoms with Crippen molar-refractivity contribution in [3.63, 3.8) is 0 Å². The molecule has 0 spiro atoms. The van der Waals surface area contributed by atoms with E-state index in [2.05, 4.69) is 24.5 Å². The van der Waals surface area contributed by atoms with Gasteiger partial charge in [-0.25, -0.2) is 0 Å². The number of piperidine rings is 1. The molecule has 2 heterocycles. The molecule has 2 fully saturated rings. The molecule has 0 aliphatic carbocycles. The van der Waals surface area contributed by atoms with E-state index < -0.39 is 0 Å². The lowest BCUT2D eigenvalue weighted by Crippen LogP contribution is -2.41. The topological polar surface area (TPSA) is 33.3 Å². The van der Waals surface area contributed by atoms with Gasteiger partial charge in [0.1, 0.15) is 5.72 Å². The first-order valence-electron chi connectivity index (χ1n) is 5.81. The van der Waals surface area contributed by atoms with Crippen molar-refractivity contribution in [1.82, 2.24) is 10.6 Å². The number of hydrogen-bond acceptors (Lipinski definition) is 3. The van der Waals surface area contributed by atoms with Crippen molar-refractivity contribution in [3.05, 3.63) is 0 Å². The maximum absolute atomic E-state index is 5.92. The highest BCUT2D eigenvalue weighted by Gasteiger charge is 2.35. The van der Waals surface area contributed by atoms with E-state index in [4.69, 9.17) is 4.74 Å². The van der Waals surface area contributed by atoms with E-state index in [1.807, 2.05) is 0 Å². The highest BCUT2D eigenvalue weighted by atomic mass is 16.5. The Morgan fingerprint density at radius 1 is 1.36 bits per heavy atom. The first kappa shape index (κ1) is 10.4. The van der Waals surface area contributed by atoms with Gasteiger partial charge in [-0.1, -0.05) is 0 Å². The maximum Gasteiger partial charge on any atom is 0.117 e. The zero-order valence-corrected chi connectivity index (χ0v) is 9.31. The highest BCUT2D eigenvalue weighted by Crippen LogP contribution is 2.28. The predicted molar refractivity (Wildman–Crippen MR) is 57.2 cm³/mol. The summed E-state index contributed by atoms with van der Waals surface area (Å²) in [6, 6.07) is 0. The molecular weight excluding hydrogens is 176 g/mol. The Labute approximate surface area is 86.6 Å². The summed E-state index contributed by atoms with van der Waals surface area (Å²) in [4.78, 5) is 0. The molecule has 3 heteroatoms. The molecule has 2 saturated heterocycles. The van der Waals surface area contributed by atoms with Crippen LogP contribution in [0.3, 0.4) is 0 Å². The molecule has 0 amide bonds. The van der Waals surface area contributed by atoms with Crippen LogP contribution in [-0.2, 0) is 4.74 Å². The number of ether oxygens (including phenoxy) is 1. The Bertz CT molecular complexity index is 192. The summed E-state index contributed by atoms with van der Waals surface area (Å²) in [6.45, 7) is 7.69. The summed E-state index contributed by atoms with van der Waals surface area (Å²) in [6.07, 6.45) is 4.14. The van der Waals surface area contributed by atoms with Crippen LogP contribution in [0, 0.1) is 5.92 Å². The van der Waals surface area contributed by atoms with Crippen molar-refractivity contribution in [2.24, 2.45) is 5.92 Å². The smallest absolute Gasteiger partial charge is 0.117 e. The van der Waals surface area contributed by atoms with Gasteiger partial charge in [0, 0.05) is 6.54 Å². The van der Waals surface area contributed by atoms with Gasteiger partial charge < -0.3 is 10.1 Å². The minimum Gasteiger partial charge on any atom is -0.357 e. The standard InChI is InChI=1S/C11H22N2O/c1-9-8-13-11(2,14-9)7-10-3-5-12-6-4-10/h9-10,12-13H,3-8H2,1-2H3. The van der Waals surface area contributed by atoms with E-state index in [0.29, 0.717) is 6.10 Å². The number of hydrogen-bond donors (Lipinski definition) is 2. The molecule has 0 bridgehead atoms. The van der Waals surface area contributed by atoms with Crippen molar-refractivity contribution in [3.8, 4) is 0 Å². The minimum atomic E-state index is -0.0541. The summed E-state index contributed by atoms with van der Waals surface area (Å²) >= 11 is 0. The Balaban J connectivity index is 1.83. The predicted octanol–water partition coefficient (Wildman–Crippen LogP) is 1.10. The van der Waals surface area contributed by atoms with Crippen LogP contribution in [0.15, 0.2) is 0 Å². The van der Waals surface area contributed by atoms with Gasteiger partial charge in [0.15, 0.2) is 0 Å². The number of rotatable bonds is 2. The van der Waals surface area contributed by atoms with Crippen molar-refractivity contribution in [2.75, 3.05) is 19.6 Å². The fourth-order valence-electron chi connectivity index (χ4n) is 2.64. The summed E-state index contributed by atoms with van der Waals surface area (Å²) in [7, 11) is 0. The van der Waals surface area contributed by atoms with E-state index in [9.17, 15) is 0 Å². The third-order valence-electron chi connectivity index (χ3n) is 3.36. The van der Waals surface area contributed by atoms with Gasteiger partial charge in [0.2, 0.25) is 0 Å². The molecule has 2 atom stereocenters. The van der Waals surface area contributed by atoms with Crippen molar-refractivity contribution in [1.29, 1.82) is 0 Å². The molecular formula is C11H22N2O. The van der Waals surface area contributed by atoms with Crippen LogP contribution in [-0.4, -0.2) is 31.5 Å². The first-order valence-corrected chi connectivity index (χ1v) is 5.81. The molecule has 2 N–H and O–H groups in total. The Morgan fingerprint density at radius 2 is 2.07 bits per heavy atom. The molecule has 0 aromatic carbocycles. The van der Waals surface area contributed by atoms with E-state index in [1.54, 1.807) is 0 Å². The molecule has 0 saturated carbocycles. The molecule has 0 aromatic rings. The van der Waals surface area contributed by atoms with Crippen LogP contribution in [0.1, 0.15) is 33.1 Å². The molecule has 2 aliphatic rings. The van der Waals surface area contributed by atoms with Crippen molar-refractivity contribution in [2.45, 2.75) is 44.9 Å². The molecule has 2 aliphatic heterocycles. The molecule has 3 nitrogen and oxygen atoms in total. The molecule has 2 unspecified atom stereocenters. The van der Waals surface area contributed by atoms with E-state index in [0.717, 1.165) is 12.5 Å². The van der Waals surface area contributed by atoms with Gasteiger partial charge in [-0.3, -0.25) is 5.32 Å². The van der Waals surface area contributed by atoms with Crippen LogP contribution in [0.2, 0.25) is 0 Å². The van der Waals surface area contributed by atoms with Gasteiger partial charge in [-0.2, -0.15) is 0 Å². The fourth-order valence-corrected chi connectivity index (χ4v) is 2.64. The van der Waals surface area contributed by atoms with Crippen LogP contribution >= 0.6 is 0 Å². The Morgan fingerprint density at radius 3 is 2.64 bits per heavy atom. The monoisotopic (exact) mass is 198 g/mol. The Hall–Kier alpha value is -0.120. The second kappa shape index (κ2) is 4.17. The average Bonchev–Trinajstić information content (AvgIpc) is 2.47. The Kier molecular flexibility index (Phi) is 3.10. The quantitative estimate of drug-likeness (QED) is 0.697. The van der Waals surface area contributed by atoms with E-state index in [-0.39, 0.29) is 5.72 Å². The molecule has 14 heavy (non-hydrogen) atoms. The maximum atomic E-state index is 5.92. The third kappa shape index (κ3) is 2.47. The highest BCUT2D eigenvalue weighted by molar-refractivity contribution is 4.85. The molecule has 0 radical (unpaired) electrons. The van der Waals surface area contributed by atoms with Gasteiger partial charge >= 0.3 is 0 Å². The van der Waals surface area contributed by atoms with E-state index >= 15 is 0 Å². The summed E-state index contributed by atoms with van der Waals surface area (Å²) in [5.41, 5.74) is -0.0541. The molecule has 82 valence electrons. The minimum absolute atomic E-state index is 0.0541. The lowest BCUT2D eigenvalue weighted by molar-refractivity contribution is -0.0481. The second-order valence-corrected chi connectivity index (χ2v) is 4.94. The van der Waals surface area contributed by atoms with Gasteiger partial charge in [0.05, 0.1) is 6.10 Å². The SMILES string of the molecule is CC1CNC(C)(CC2CCNCC2)O1. The second-order valence-electron chi connectivity index (χ2n) is 4.94. The van der Waals surface area contributed by atoms with Crippen LogP contribution in [0.25, 0.3) is 0 Å². The summed E-state index contributed by atoms with van der Waals surface area (Å²) in [5, 5.41) is 6.89. The van der Waals surface area contributed by atoms with Crippen molar-refractivity contribution < 1.29 is 4.74 Å². The normalized spacial score (nSPS) is 40.3. The van der Waals surface area contributed by atoms with Gasteiger partial charge in [-0.05, 0) is 52.1 Å². The third-order valence-corrected chi connectivity index (χ3v) is 3.36. The zero-order chi connectivity index (χ0) is 10.0. The largest absolute Gasteiger partial charge is 0.357 e.